The van der Waals surface area contributed by atoms with Gasteiger partial charge in [0.25, 0.3) is 0 Å². The van der Waals surface area contributed by atoms with Crippen LogP contribution in [0.4, 0.5) is 0 Å². The van der Waals surface area contributed by atoms with E-state index in [-0.39, 0.29) is 11.8 Å². The molecule has 1 heterocycles. The molecule has 0 radical (unpaired) electrons. The lowest BCUT2D eigenvalue weighted by Gasteiger charge is -2.40. The number of amides is 1. The molecule has 1 amide bonds. The average molecular weight is 253 g/mol. The summed E-state index contributed by atoms with van der Waals surface area (Å²) in [5.74, 6) is -0.841. The molecule has 0 aromatic rings. The fourth-order valence-corrected chi connectivity index (χ4v) is 3.21. The van der Waals surface area contributed by atoms with Gasteiger partial charge in [-0.15, -0.1) is 0 Å². The van der Waals surface area contributed by atoms with Gasteiger partial charge in [-0.1, -0.05) is 20.3 Å². The summed E-state index contributed by atoms with van der Waals surface area (Å²) in [6.07, 6.45) is 4.89. The number of carboxylic acid groups (broad SMARTS) is 1. The number of nitrogens with zero attached hydrogens (tertiary/aromatic N) is 1. The van der Waals surface area contributed by atoms with Gasteiger partial charge in [0.2, 0.25) is 5.91 Å². The molecule has 4 heteroatoms. The molecule has 102 valence electrons. The van der Waals surface area contributed by atoms with E-state index in [0.29, 0.717) is 18.4 Å². The molecule has 18 heavy (non-hydrogen) atoms. The van der Waals surface area contributed by atoms with Gasteiger partial charge in [0.1, 0.15) is 0 Å². The summed E-state index contributed by atoms with van der Waals surface area (Å²) in [6, 6.07) is 0.325. The smallest absolute Gasteiger partial charge is 0.307 e. The summed E-state index contributed by atoms with van der Waals surface area (Å²) in [5.41, 5.74) is 0. The first kappa shape index (κ1) is 13.4. The molecule has 1 saturated carbocycles. The van der Waals surface area contributed by atoms with Gasteiger partial charge in [0.15, 0.2) is 0 Å². The predicted octanol–water partition coefficient (Wildman–Crippen LogP) is 2.13. The zero-order valence-electron chi connectivity index (χ0n) is 11.3. The Balaban J connectivity index is 2.01. The molecule has 4 atom stereocenters. The Bertz CT molecular complexity index is 342. The van der Waals surface area contributed by atoms with Crippen LogP contribution in [0.5, 0.6) is 0 Å². The van der Waals surface area contributed by atoms with E-state index in [9.17, 15) is 9.59 Å². The van der Waals surface area contributed by atoms with Crippen LogP contribution in [0.1, 0.15) is 46.0 Å². The Morgan fingerprint density at radius 3 is 2.61 bits per heavy atom. The molecule has 4 nitrogen and oxygen atoms in total. The van der Waals surface area contributed by atoms with E-state index in [4.69, 9.17) is 5.11 Å². The number of carbonyl (C=O) groups excluding carboxylic acids is 1. The first-order valence-electron chi connectivity index (χ1n) is 7.09. The Morgan fingerprint density at radius 1 is 1.33 bits per heavy atom. The highest BCUT2D eigenvalue weighted by Gasteiger charge is 2.51. The minimum Gasteiger partial charge on any atom is -0.481 e. The molecule has 0 bridgehead atoms. The third kappa shape index (κ3) is 2.52. The number of hydrogen-bond donors (Lipinski definition) is 1. The van der Waals surface area contributed by atoms with Gasteiger partial charge in [0.05, 0.1) is 11.8 Å². The van der Waals surface area contributed by atoms with E-state index < -0.39 is 11.9 Å². The van der Waals surface area contributed by atoms with Gasteiger partial charge in [-0.05, 0) is 31.6 Å². The van der Waals surface area contributed by atoms with E-state index in [1.165, 1.54) is 6.42 Å². The highest BCUT2D eigenvalue weighted by Crippen LogP contribution is 2.42. The standard InChI is InChI=1S/C14H23NO3/c1-3-5-12-9(2)6-4-7-15(12)13(16)10-8-11(10)14(17)18/h9-12H,3-8H2,1-2H3,(H,17,18). The maximum Gasteiger partial charge on any atom is 0.307 e. The number of hydrogen-bond acceptors (Lipinski definition) is 2. The number of likely N-dealkylation sites (tertiary alicyclic amines) is 1. The van der Waals surface area contributed by atoms with Gasteiger partial charge in [-0.2, -0.15) is 0 Å². The normalized spacial score (nSPS) is 35.3. The van der Waals surface area contributed by atoms with E-state index in [0.717, 1.165) is 25.8 Å². The molecule has 0 spiro atoms. The van der Waals surface area contributed by atoms with Crippen molar-refractivity contribution in [2.45, 2.75) is 52.0 Å². The number of rotatable bonds is 4. The van der Waals surface area contributed by atoms with Crippen LogP contribution >= 0.6 is 0 Å². The number of carbonyl (C=O) groups is 2. The van der Waals surface area contributed by atoms with Crippen molar-refractivity contribution in [2.24, 2.45) is 17.8 Å². The van der Waals surface area contributed by atoms with Crippen LogP contribution in [-0.2, 0) is 9.59 Å². The molecule has 1 saturated heterocycles. The first-order chi connectivity index (χ1) is 8.56. The minimum atomic E-state index is -0.814. The molecule has 1 aliphatic heterocycles. The summed E-state index contributed by atoms with van der Waals surface area (Å²) in [5, 5.41) is 8.92. The minimum absolute atomic E-state index is 0.0902. The van der Waals surface area contributed by atoms with E-state index >= 15 is 0 Å². The molecule has 1 N–H and O–H groups in total. The summed E-state index contributed by atoms with van der Waals surface area (Å²) >= 11 is 0. The highest BCUT2D eigenvalue weighted by atomic mass is 16.4. The van der Waals surface area contributed by atoms with Gasteiger partial charge in [-0.3, -0.25) is 9.59 Å². The molecule has 2 rings (SSSR count). The van der Waals surface area contributed by atoms with Crippen molar-refractivity contribution in [3.05, 3.63) is 0 Å². The van der Waals surface area contributed by atoms with Crippen molar-refractivity contribution in [3.63, 3.8) is 0 Å². The Hall–Kier alpha value is -1.06. The summed E-state index contributed by atoms with van der Waals surface area (Å²) in [7, 11) is 0. The maximum atomic E-state index is 12.4. The fourth-order valence-electron chi connectivity index (χ4n) is 3.21. The van der Waals surface area contributed by atoms with Crippen molar-refractivity contribution in [3.8, 4) is 0 Å². The third-order valence-corrected chi connectivity index (χ3v) is 4.41. The van der Waals surface area contributed by atoms with Gasteiger partial charge >= 0.3 is 5.97 Å². The van der Waals surface area contributed by atoms with E-state index in [2.05, 4.69) is 13.8 Å². The molecule has 4 unspecified atom stereocenters. The number of carboxylic acids is 1. The second kappa shape index (κ2) is 5.29. The Kier molecular flexibility index (Phi) is 3.93. The van der Waals surface area contributed by atoms with Crippen LogP contribution in [0.2, 0.25) is 0 Å². The average Bonchev–Trinajstić information content (AvgIpc) is 3.11. The van der Waals surface area contributed by atoms with Crippen molar-refractivity contribution >= 4 is 11.9 Å². The van der Waals surface area contributed by atoms with Crippen LogP contribution in [0, 0.1) is 17.8 Å². The summed E-state index contributed by atoms with van der Waals surface area (Å²) in [4.78, 5) is 25.2. The van der Waals surface area contributed by atoms with Crippen LogP contribution in [-0.4, -0.2) is 34.5 Å². The number of piperidine rings is 1. The highest BCUT2D eigenvalue weighted by molar-refractivity contribution is 5.89. The lowest BCUT2D eigenvalue weighted by molar-refractivity contribution is -0.144. The quantitative estimate of drug-likeness (QED) is 0.835. The molecule has 2 aliphatic rings. The van der Waals surface area contributed by atoms with Gasteiger partial charge in [-0.25, -0.2) is 0 Å². The van der Waals surface area contributed by atoms with Crippen molar-refractivity contribution < 1.29 is 14.7 Å². The Morgan fingerprint density at radius 2 is 2.06 bits per heavy atom. The summed E-state index contributed by atoms with van der Waals surface area (Å²) in [6.45, 7) is 5.17. The van der Waals surface area contributed by atoms with Gasteiger partial charge in [0, 0.05) is 12.6 Å². The molecular weight excluding hydrogens is 230 g/mol. The topological polar surface area (TPSA) is 57.6 Å². The molecule has 1 aliphatic carbocycles. The van der Waals surface area contributed by atoms with Gasteiger partial charge < -0.3 is 10.0 Å². The molecule has 0 aromatic carbocycles. The zero-order chi connectivity index (χ0) is 13.3. The molecule has 2 fully saturated rings. The zero-order valence-corrected chi connectivity index (χ0v) is 11.3. The predicted molar refractivity (Wildman–Crippen MR) is 68.0 cm³/mol. The second-order valence-corrected chi connectivity index (χ2v) is 5.79. The lowest BCUT2D eigenvalue weighted by atomic mass is 9.87. The molecule has 0 aromatic heterocycles. The Labute approximate surface area is 108 Å². The van der Waals surface area contributed by atoms with Crippen molar-refractivity contribution in [1.29, 1.82) is 0 Å². The SMILES string of the molecule is CCCC1C(C)CCCN1C(=O)C1CC1C(=O)O. The third-order valence-electron chi connectivity index (χ3n) is 4.41. The van der Waals surface area contributed by atoms with E-state index in [1.807, 2.05) is 4.90 Å². The number of aliphatic carboxylic acids is 1. The first-order valence-corrected chi connectivity index (χ1v) is 7.09. The largest absolute Gasteiger partial charge is 0.481 e. The van der Waals surface area contributed by atoms with Crippen molar-refractivity contribution in [2.75, 3.05) is 6.54 Å². The van der Waals surface area contributed by atoms with Crippen molar-refractivity contribution in [1.82, 2.24) is 4.90 Å². The lowest BCUT2D eigenvalue weighted by Crippen LogP contribution is -2.48. The van der Waals surface area contributed by atoms with Crippen LogP contribution < -0.4 is 0 Å². The maximum absolute atomic E-state index is 12.4. The fraction of sp³-hybridized carbons (Fsp3) is 0.857. The van der Waals surface area contributed by atoms with Crippen LogP contribution in [0.3, 0.4) is 0 Å². The van der Waals surface area contributed by atoms with Crippen LogP contribution in [0.15, 0.2) is 0 Å². The monoisotopic (exact) mass is 253 g/mol. The van der Waals surface area contributed by atoms with Crippen LogP contribution in [0.25, 0.3) is 0 Å². The van der Waals surface area contributed by atoms with E-state index in [1.54, 1.807) is 0 Å². The summed E-state index contributed by atoms with van der Waals surface area (Å²) < 4.78 is 0. The second-order valence-electron chi connectivity index (χ2n) is 5.79. The molecular formula is C14H23NO3.